The van der Waals surface area contributed by atoms with Gasteiger partial charge in [-0.1, -0.05) is 25.5 Å². The average Bonchev–Trinajstić information content (AvgIpc) is 3.04. The topological polar surface area (TPSA) is 55.4 Å². The van der Waals surface area contributed by atoms with E-state index in [1.54, 1.807) is 6.92 Å². The first-order chi connectivity index (χ1) is 10.8. The van der Waals surface area contributed by atoms with Gasteiger partial charge in [0, 0.05) is 12.1 Å². The van der Waals surface area contributed by atoms with E-state index in [0.717, 1.165) is 19.3 Å². The molecule has 1 N–H and O–H groups in total. The van der Waals surface area contributed by atoms with E-state index in [4.69, 9.17) is 27.9 Å². The molecule has 0 heterocycles. The number of amides is 1. The van der Waals surface area contributed by atoms with E-state index in [2.05, 4.69) is 12.2 Å². The normalized spacial score (nSPS) is 21.6. The van der Waals surface area contributed by atoms with Crippen LogP contribution in [0, 0.1) is 5.41 Å². The predicted octanol–water partition coefficient (Wildman–Crippen LogP) is 4.09. The van der Waals surface area contributed by atoms with Crippen molar-refractivity contribution in [3.8, 4) is 0 Å². The highest BCUT2D eigenvalue weighted by molar-refractivity contribution is 6.53. The summed E-state index contributed by atoms with van der Waals surface area (Å²) in [7, 11) is 0. The number of hydrogen-bond donors (Lipinski definition) is 1. The lowest BCUT2D eigenvalue weighted by Gasteiger charge is -2.12. The summed E-state index contributed by atoms with van der Waals surface area (Å²) in [6.45, 7) is 3.43. The van der Waals surface area contributed by atoms with Gasteiger partial charge in [-0.15, -0.1) is 23.2 Å². The molecule has 1 aliphatic carbocycles. The van der Waals surface area contributed by atoms with Crippen molar-refractivity contribution in [2.45, 2.75) is 43.9 Å². The van der Waals surface area contributed by atoms with Crippen molar-refractivity contribution >= 4 is 40.8 Å². The van der Waals surface area contributed by atoms with Crippen LogP contribution in [-0.2, 0) is 20.7 Å². The summed E-state index contributed by atoms with van der Waals surface area (Å²) < 4.78 is 3.91. The van der Waals surface area contributed by atoms with Gasteiger partial charge < -0.3 is 10.1 Å². The van der Waals surface area contributed by atoms with Gasteiger partial charge in [0.1, 0.15) is 9.75 Å². The average molecular weight is 358 g/mol. The lowest BCUT2D eigenvalue weighted by atomic mass is 10.1. The third-order valence-corrected chi connectivity index (χ3v) is 5.20. The molecule has 1 atom stereocenters. The number of nitrogens with one attached hydrogen (secondary N) is 1. The standard InChI is InChI=1S/C17H21Cl2NO3/c1-3-4-5-12-6-8-13(9-7-12)20-14(21)10-23-15(22)16(2)11-17(16,18)19/h6-9H,3-5,10-11H2,1-2H3,(H,20,21)/t16-/m1/s1. The molecule has 0 aromatic heterocycles. The number of benzene rings is 1. The number of hydrogen-bond acceptors (Lipinski definition) is 3. The summed E-state index contributed by atoms with van der Waals surface area (Å²) >= 11 is 11.8. The fourth-order valence-corrected chi connectivity index (χ4v) is 2.93. The molecule has 1 aromatic carbocycles. The first kappa shape index (κ1) is 18.1. The highest BCUT2D eigenvalue weighted by Gasteiger charge is 2.69. The second-order valence-corrected chi connectivity index (χ2v) is 7.62. The monoisotopic (exact) mass is 357 g/mol. The molecule has 1 fully saturated rings. The number of aryl methyl sites for hydroxylation is 1. The van der Waals surface area contributed by atoms with E-state index in [1.165, 1.54) is 5.56 Å². The molecule has 0 unspecified atom stereocenters. The van der Waals surface area contributed by atoms with Gasteiger partial charge in [-0.25, -0.2) is 0 Å². The smallest absolute Gasteiger partial charge is 0.315 e. The second kappa shape index (κ2) is 7.10. The van der Waals surface area contributed by atoms with Crippen molar-refractivity contribution in [2.75, 3.05) is 11.9 Å². The highest BCUT2D eigenvalue weighted by atomic mass is 35.5. The van der Waals surface area contributed by atoms with Gasteiger partial charge >= 0.3 is 5.97 Å². The van der Waals surface area contributed by atoms with Crippen LogP contribution in [0.2, 0.25) is 0 Å². The maximum Gasteiger partial charge on any atom is 0.315 e. The molecule has 0 radical (unpaired) electrons. The molecular weight excluding hydrogens is 337 g/mol. The SMILES string of the molecule is CCCCc1ccc(NC(=O)COC(=O)[C@@]2(C)CC2(Cl)Cl)cc1. The van der Waals surface area contributed by atoms with Crippen LogP contribution in [0.15, 0.2) is 24.3 Å². The van der Waals surface area contributed by atoms with E-state index < -0.39 is 21.6 Å². The van der Waals surface area contributed by atoms with Crippen LogP contribution in [0.25, 0.3) is 0 Å². The molecule has 0 spiro atoms. The number of halogens is 2. The Bertz CT molecular complexity index is 586. The molecule has 1 aromatic rings. The first-order valence-electron chi connectivity index (χ1n) is 7.72. The highest BCUT2D eigenvalue weighted by Crippen LogP contribution is 2.64. The van der Waals surface area contributed by atoms with Crippen molar-refractivity contribution in [2.24, 2.45) is 5.41 Å². The number of esters is 1. The van der Waals surface area contributed by atoms with Gasteiger partial charge in [0.2, 0.25) is 0 Å². The molecule has 1 amide bonds. The van der Waals surface area contributed by atoms with Gasteiger partial charge in [0.05, 0.1) is 0 Å². The Morgan fingerprint density at radius 3 is 2.39 bits per heavy atom. The van der Waals surface area contributed by atoms with E-state index in [0.29, 0.717) is 12.1 Å². The molecule has 126 valence electrons. The largest absolute Gasteiger partial charge is 0.455 e. The fraction of sp³-hybridized carbons (Fsp3) is 0.529. The molecule has 0 saturated heterocycles. The number of carbonyl (C=O) groups excluding carboxylic acids is 2. The zero-order valence-electron chi connectivity index (χ0n) is 13.3. The van der Waals surface area contributed by atoms with Gasteiger partial charge in [-0.05, 0) is 37.5 Å². The summed E-state index contributed by atoms with van der Waals surface area (Å²) in [5.74, 6) is -0.939. The Morgan fingerprint density at radius 2 is 1.87 bits per heavy atom. The van der Waals surface area contributed by atoms with Crippen molar-refractivity contribution in [3.63, 3.8) is 0 Å². The Balaban J connectivity index is 1.78. The Morgan fingerprint density at radius 1 is 1.26 bits per heavy atom. The van der Waals surface area contributed by atoms with Gasteiger partial charge in [0.15, 0.2) is 6.61 Å². The van der Waals surface area contributed by atoms with E-state index in [1.807, 2.05) is 24.3 Å². The Kier molecular flexibility index (Phi) is 5.58. The third kappa shape index (κ3) is 4.39. The van der Waals surface area contributed by atoms with Crippen molar-refractivity contribution in [3.05, 3.63) is 29.8 Å². The minimum atomic E-state index is -1.09. The van der Waals surface area contributed by atoms with E-state index in [-0.39, 0.29) is 6.61 Å². The van der Waals surface area contributed by atoms with Crippen LogP contribution in [0.5, 0.6) is 0 Å². The quantitative estimate of drug-likeness (QED) is 0.590. The second-order valence-electron chi connectivity index (χ2n) is 6.14. The summed E-state index contributed by atoms with van der Waals surface area (Å²) in [6.07, 6.45) is 3.65. The third-order valence-electron chi connectivity index (χ3n) is 4.10. The van der Waals surface area contributed by atoms with Gasteiger partial charge in [-0.3, -0.25) is 9.59 Å². The van der Waals surface area contributed by atoms with E-state index >= 15 is 0 Å². The summed E-state index contributed by atoms with van der Waals surface area (Å²) in [5.41, 5.74) is 0.989. The minimum absolute atomic E-state index is 0.336. The van der Waals surface area contributed by atoms with Crippen LogP contribution >= 0.6 is 23.2 Å². The summed E-state index contributed by atoms with van der Waals surface area (Å²) in [4.78, 5) is 23.7. The zero-order valence-corrected chi connectivity index (χ0v) is 14.8. The Hall–Kier alpha value is -1.26. The maximum absolute atomic E-state index is 11.9. The van der Waals surface area contributed by atoms with Crippen molar-refractivity contribution < 1.29 is 14.3 Å². The Labute approximate surface area is 146 Å². The van der Waals surface area contributed by atoms with Crippen LogP contribution in [0.1, 0.15) is 38.7 Å². The minimum Gasteiger partial charge on any atom is -0.455 e. The first-order valence-corrected chi connectivity index (χ1v) is 8.48. The lowest BCUT2D eigenvalue weighted by molar-refractivity contribution is -0.152. The van der Waals surface area contributed by atoms with Gasteiger partial charge in [0.25, 0.3) is 5.91 Å². The molecule has 1 aliphatic rings. The van der Waals surface area contributed by atoms with Crippen LogP contribution in [0.3, 0.4) is 0 Å². The molecule has 0 aliphatic heterocycles. The van der Waals surface area contributed by atoms with Crippen molar-refractivity contribution in [1.29, 1.82) is 0 Å². The number of carbonyl (C=O) groups is 2. The molecule has 23 heavy (non-hydrogen) atoms. The molecular formula is C17H21Cl2NO3. The number of unbranched alkanes of at least 4 members (excludes halogenated alkanes) is 1. The number of rotatable bonds is 7. The predicted molar refractivity (Wildman–Crippen MR) is 91.8 cm³/mol. The molecule has 1 saturated carbocycles. The molecule has 4 nitrogen and oxygen atoms in total. The molecule has 0 bridgehead atoms. The lowest BCUT2D eigenvalue weighted by Crippen LogP contribution is -2.26. The zero-order chi connectivity index (χ0) is 17.1. The number of ether oxygens (including phenoxy) is 1. The number of alkyl halides is 2. The molecule has 6 heteroatoms. The van der Waals surface area contributed by atoms with E-state index in [9.17, 15) is 9.59 Å². The van der Waals surface area contributed by atoms with Crippen molar-refractivity contribution in [1.82, 2.24) is 0 Å². The maximum atomic E-state index is 11.9. The fourth-order valence-electron chi connectivity index (χ4n) is 2.24. The van der Waals surface area contributed by atoms with Crippen LogP contribution in [-0.4, -0.2) is 22.8 Å². The van der Waals surface area contributed by atoms with Crippen LogP contribution < -0.4 is 5.32 Å². The molecule has 2 rings (SSSR count). The summed E-state index contributed by atoms with van der Waals surface area (Å²) in [6, 6.07) is 7.65. The van der Waals surface area contributed by atoms with Crippen LogP contribution in [0.4, 0.5) is 5.69 Å². The van der Waals surface area contributed by atoms with Gasteiger partial charge in [-0.2, -0.15) is 0 Å². The number of anilines is 1. The summed E-state index contributed by atoms with van der Waals surface area (Å²) in [5, 5.41) is 2.69.